The molecule has 0 radical (unpaired) electrons. The van der Waals surface area contributed by atoms with Crippen LogP contribution in [0.4, 0.5) is 0 Å². The Morgan fingerprint density at radius 3 is 2.09 bits per heavy atom. The van der Waals surface area contributed by atoms with Gasteiger partial charge in [-0.3, -0.25) is 9.69 Å². The predicted octanol–water partition coefficient (Wildman–Crippen LogP) is 2.80. The molecule has 1 amide bonds. The van der Waals surface area contributed by atoms with E-state index in [1.54, 1.807) is 0 Å². The first kappa shape index (κ1) is 23.0. The average Bonchev–Trinajstić information content (AvgIpc) is 2.49. The maximum Gasteiger partial charge on any atom is 0.240 e. The standard InChI is InChI=1S/C17H33N3O.2ClH/c1-14(2)16(19-9-5-4-6-10-19)17(21)20-11-7-15(8-12-20)13-18-3;;/h14-16,18H,4-13H2,1-3H3;2*1H. The topological polar surface area (TPSA) is 35.6 Å². The van der Waals surface area contributed by atoms with Gasteiger partial charge in [-0.2, -0.15) is 0 Å². The highest BCUT2D eigenvalue weighted by molar-refractivity contribution is 5.85. The first-order valence-electron chi connectivity index (χ1n) is 8.81. The molecule has 0 aromatic heterocycles. The molecule has 2 saturated heterocycles. The van der Waals surface area contributed by atoms with Crippen molar-refractivity contribution in [2.24, 2.45) is 11.8 Å². The van der Waals surface area contributed by atoms with Crippen LogP contribution >= 0.6 is 24.8 Å². The SMILES string of the molecule is CNCC1CCN(C(=O)C(C(C)C)N2CCCCC2)CC1.Cl.Cl. The molecular weight excluding hydrogens is 333 g/mol. The third-order valence-electron chi connectivity index (χ3n) is 5.09. The molecule has 2 aliphatic heterocycles. The van der Waals surface area contributed by atoms with Crippen molar-refractivity contribution in [1.82, 2.24) is 15.1 Å². The summed E-state index contributed by atoms with van der Waals surface area (Å²) in [5, 5.41) is 3.26. The third kappa shape index (κ3) is 6.41. The summed E-state index contributed by atoms with van der Waals surface area (Å²) >= 11 is 0. The molecule has 0 aliphatic carbocycles. The molecule has 23 heavy (non-hydrogen) atoms. The van der Waals surface area contributed by atoms with Crippen molar-refractivity contribution in [1.29, 1.82) is 0 Å². The Hall–Kier alpha value is -0.0300. The molecule has 1 unspecified atom stereocenters. The summed E-state index contributed by atoms with van der Waals surface area (Å²) in [5.41, 5.74) is 0. The number of carbonyl (C=O) groups excluding carboxylic acids is 1. The van der Waals surface area contributed by atoms with Gasteiger partial charge in [0.05, 0.1) is 6.04 Å². The van der Waals surface area contributed by atoms with Crippen molar-refractivity contribution in [3.63, 3.8) is 0 Å². The minimum Gasteiger partial charge on any atom is -0.341 e. The second-order valence-electron chi connectivity index (χ2n) is 7.11. The largest absolute Gasteiger partial charge is 0.341 e. The lowest BCUT2D eigenvalue weighted by atomic mass is 9.93. The molecule has 2 aliphatic rings. The number of hydrogen-bond donors (Lipinski definition) is 1. The van der Waals surface area contributed by atoms with Gasteiger partial charge in [0.1, 0.15) is 0 Å². The molecule has 1 N–H and O–H groups in total. The smallest absolute Gasteiger partial charge is 0.240 e. The van der Waals surface area contributed by atoms with Gasteiger partial charge in [0, 0.05) is 13.1 Å². The molecule has 138 valence electrons. The van der Waals surface area contributed by atoms with Gasteiger partial charge in [0.25, 0.3) is 0 Å². The zero-order valence-corrected chi connectivity index (χ0v) is 16.6. The molecule has 2 fully saturated rings. The van der Waals surface area contributed by atoms with Gasteiger partial charge in [-0.25, -0.2) is 0 Å². The van der Waals surface area contributed by atoms with Gasteiger partial charge in [0.15, 0.2) is 0 Å². The molecular formula is C17H35Cl2N3O. The second-order valence-corrected chi connectivity index (χ2v) is 7.11. The van der Waals surface area contributed by atoms with Crippen molar-refractivity contribution in [3.05, 3.63) is 0 Å². The van der Waals surface area contributed by atoms with Gasteiger partial charge in [-0.1, -0.05) is 20.3 Å². The van der Waals surface area contributed by atoms with Crippen LogP contribution in [0.1, 0.15) is 46.0 Å². The number of likely N-dealkylation sites (tertiary alicyclic amines) is 2. The van der Waals surface area contributed by atoms with Gasteiger partial charge in [0.2, 0.25) is 5.91 Å². The molecule has 0 bridgehead atoms. The number of nitrogens with zero attached hydrogens (tertiary/aromatic N) is 2. The summed E-state index contributed by atoms with van der Waals surface area (Å²) in [5.74, 6) is 1.53. The lowest BCUT2D eigenvalue weighted by Crippen LogP contribution is -2.54. The van der Waals surface area contributed by atoms with Crippen LogP contribution in [0.5, 0.6) is 0 Å². The van der Waals surface area contributed by atoms with Crippen LogP contribution in [0, 0.1) is 11.8 Å². The monoisotopic (exact) mass is 367 g/mol. The molecule has 0 aromatic rings. The Labute approximate surface area is 154 Å². The number of hydrogen-bond acceptors (Lipinski definition) is 3. The fourth-order valence-electron chi connectivity index (χ4n) is 3.89. The Balaban J connectivity index is 0.00000242. The second kappa shape index (κ2) is 11.5. The molecule has 6 heteroatoms. The number of carbonyl (C=O) groups is 1. The quantitative estimate of drug-likeness (QED) is 0.811. The van der Waals surface area contributed by atoms with E-state index in [9.17, 15) is 4.79 Å². The Bertz CT molecular complexity index is 328. The van der Waals surface area contributed by atoms with E-state index in [0.29, 0.717) is 11.8 Å². The summed E-state index contributed by atoms with van der Waals surface area (Å²) in [4.78, 5) is 17.5. The van der Waals surface area contributed by atoms with Gasteiger partial charge >= 0.3 is 0 Å². The van der Waals surface area contributed by atoms with Crippen LogP contribution in [0.3, 0.4) is 0 Å². The summed E-state index contributed by atoms with van der Waals surface area (Å²) in [6.07, 6.45) is 6.13. The van der Waals surface area contributed by atoms with E-state index in [1.807, 2.05) is 7.05 Å². The van der Waals surface area contributed by atoms with E-state index < -0.39 is 0 Å². The molecule has 0 saturated carbocycles. The number of piperidine rings is 2. The third-order valence-corrected chi connectivity index (χ3v) is 5.09. The fourth-order valence-corrected chi connectivity index (χ4v) is 3.89. The van der Waals surface area contributed by atoms with Crippen LogP contribution in [0.2, 0.25) is 0 Å². The molecule has 2 heterocycles. The lowest BCUT2D eigenvalue weighted by Gasteiger charge is -2.40. The molecule has 0 aromatic carbocycles. The van der Waals surface area contributed by atoms with Crippen molar-refractivity contribution in [3.8, 4) is 0 Å². The van der Waals surface area contributed by atoms with E-state index in [1.165, 1.54) is 19.3 Å². The van der Waals surface area contributed by atoms with Crippen LogP contribution in [0.15, 0.2) is 0 Å². The van der Waals surface area contributed by atoms with E-state index in [-0.39, 0.29) is 30.9 Å². The van der Waals surface area contributed by atoms with E-state index in [4.69, 9.17) is 0 Å². The number of halogens is 2. The highest BCUT2D eigenvalue weighted by Gasteiger charge is 2.34. The number of rotatable bonds is 5. The highest BCUT2D eigenvalue weighted by Crippen LogP contribution is 2.23. The van der Waals surface area contributed by atoms with Crippen molar-refractivity contribution in [2.45, 2.75) is 52.0 Å². The van der Waals surface area contributed by atoms with Crippen LogP contribution in [0.25, 0.3) is 0 Å². The van der Waals surface area contributed by atoms with Gasteiger partial charge in [-0.15, -0.1) is 24.8 Å². The zero-order valence-electron chi connectivity index (χ0n) is 14.9. The van der Waals surface area contributed by atoms with Gasteiger partial charge < -0.3 is 10.2 Å². The summed E-state index contributed by atoms with van der Waals surface area (Å²) < 4.78 is 0. The van der Waals surface area contributed by atoms with Crippen molar-refractivity contribution >= 4 is 30.7 Å². The van der Waals surface area contributed by atoms with E-state index in [2.05, 4.69) is 29.0 Å². The summed E-state index contributed by atoms with van der Waals surface area (Å²) in [7, 11) is 2.02. The van der Waals surface area contributed by atoms with Crippen LogP contribution in [-0.4, -0.2) is 61.5 Å². The maximum atomic E-state index is 13.0. The van der Waals surface area contributed by atoms with E-state index in [0.717, 1.165) is 51.5 Å². The molecule has 1 atom stereocenters. The Kier molecular flexibility index (Phi) is 11.5. The highest BCUT2D eigenvalue weighted by atomic mass is 35.5. The maximum absolute atomic E-state index is 13.0. The lowest BCUT2D eigenvalue weighted by molar-refractivity contribution is -0.140. The minimum atomic E-state index is 0. The fraction of sp³-hybridized carbons (Fsp3) is 0.941. The van der Waals surface area contributed by atoms with Crippen LogP contribution in [-0.2, 0) is 4.79 Å². The molecule has 2 rings (SSSR count). The van der Waals surface area contributed by atoms with E-state index >= 15 is 0 Å². The molecule has 0 spiro atoms. The normalized spacial score (nSPS) is 21.5. The Morgan fingerprint density at radius 1 is 1.04 bits per heavy atom. The van der Waals surface area contributed by atoms with Crippen LogP contribution < -0.4 is 5.32 Å². The van der Waals surface area contributed by atoms with Crippen molar-refractivity contribution in [2.75, 3.05) is 39.8 Å². The van der Waals surface area contributed by atoms with Crippen molar-refractivity contribution < 1.29 is 4.79 Å². The first-order chi connectivity index (χ1) is 10.1. The predicted molar refractivity (Wildman–Crippen MR) is 102 cm³/mol. The zero-order chi connectivity index (χ0) is 15.2. The minimum absolute atomic E-state index is 0. The molecule has 4 nitrogen and oxygen atoms in total. The van der Waals surface area contributed by atoms with Gasteiger partial charge in [-0.05, 0) is 64.2 Å². The average molecular weight is 368 g/mol. The summed E-state index contributed by atoms with van der Waals surface area (Å²) in [6.45, 7) is 9.58. The Morgan fingerprint density at radius 2 is 1.61 bits per heavy atom. The number of amides is 1. The first-order valence-corrected chi connectivity index (χ1v) is 8.81. The number of nitrogens with one attached hydrogen (secondary N) is 1. The summed E-state index contributed by atoms with van der Waals surface area (Å²) in [6, 6.07) is 0.103.